The molecule has 0 bridgehead atoms. The molecular weight excluding hydrogens is 252 g/mol. The molecule has 0 saturated heterocycles. The number of carboxylic acids is 1. The van der Waals surface area contributed by atoms with Gasteiger partial charge in [-0.05, 0) is 24.6 Å². The summed E-state index contributed by atoms with van der Waals surface area (Å²) < 4.78 is 2.11. The standard InChI is InChI=1S/C13H15ClN2O2/c1-2-7-16-11-4-3-9(13(17)18)8-10(11)15-12(16)5-6-14/h3-4,8H,2,5-7H2,1H3,(H,17,18). The number of carboxylic acid groups (broad SMARTS) is 1. The predicted octanol–water partition coefficient (Wildman–Crippen LogP) is 2.93. The number of aromatic carboxylic acids is 1. The molecule has 1 heterocycles. The number of hydrogen-bond acceptors (Lipinski definition) is 2. The average Bonchev–Trinajstić information content (AvgIpc) is 2.68. The Morgan fingerprint density at radius 1 is 1.50 bits per heavy atom. The zero-order valence-electron chi connectivity index (χ0n) is 10.2. The molecule has 2 rings (SSSR count). The number of aryl methyl sites for hydroxylation is 2. The Bertz CT molecular complexity index is 578. The highest BCUT2D eigenvalue weighted by Gasteiger charge is 2.12. The van der Waals surface area contributed by atoms with E-state index in [1.165, 1.54) is 0 Å². The highest BCUT2D eigenvalue weighted by atomic mass is 35.5. The normalized spacial score (nSPS) is 11.0. The van der Waals surface area contributed by atoms with Crippen LogP contribution in [-0.2, 0) is 13.0 Å². The number of aromatic nitrogens is 2. The average molecular weight is 267 g/mol. The van der Waals surface area contributed by atoms with Crippen LogP contribution in [0.25, 0.3) is 11.0 Å². The second kappa shape index (κ2) is 5.40. The van der Waals surface area contributed by atoms with Crippen molar-refractivity contribution in [2.24, 2.45) is 0 Å². The summed E-state index contributed by atoms with van der Waals surface area (Å²) in [6, 6.07) is 5.05. The fourth-order valence-corrected chi connectivity index (χ4v) is 2.23. The van der Waals surface area contributed by atoms with Gasteiger partial charge in [-0.1, -0.05) is 6.92 Å². The molecule has 96 valence electrons. The summed E-state index contributed by atoms with van der Waals surface area (Å²) in [5.41, 5.74) is 1.96. The molecule has 0 aliphatic heterocycles. The number of fused-ring (bicyclic) bond motifs is 1. The van der Waals surface area contributed by atoms with Gasteiger partial charge in [0.05, 0.1) is 16.6 Å². The maximum absolute atomic E-state index is 10.9. The van der Waals surface area contributed by atoms with E-state index in [1.54, 1.807) is 12.1 Å². The van der Waals surface area contributed by atoms with E-state index in [0.717, 1.165) is 29.8 Å². The fourth-order valence-electron chi connectivity index (χ4n) is 2.06. The number of rotatable bonds is 5. The number of carbonyl (C=O) groups is 1. The molecule has 0 spiro atoms. The summed E-state index contributed by atoms with van der Waals surface area (Å²) in [5, 5.41) is 8.97. The number of halogens is 1. The zero-order valence-corrected chi connectivity index (χ0v) is 10.9. The first kappa shape index (κ1) is 12.9. The first-order valence-corrected chi connectivity index (χ1v) is 6.49. The van der Waals surface area contributed by atoms with Crippen LogP contribution in [0.1, 0.15) is 29.5 Å². The van der Waals surface area contributed by atoms with Gasteiger partial charge in [-0.15, -0.1) is 11.6 Å². The lowest BCUT2D eigenvalue weighted by Crippen LogP contribution is -2.04. The van der Waals surface area contributed by atoms with Crippen LogP contribution in [0, 0.1) is 0 Å². The van der Waals surface area contributed by atoms with Crippen LogP contribution in [0.15, 0.2) is 18.2 Å². The Balaban J connectivity index is 2.56. The molecule has 5 heteroatoms. The van der Waals surface area contributed by atoms with Crippen LogP contribution in [0.4, 0.5) is 0 Å². The second-order valence-corrected chi connectivity index (χ2v) is 4.51. The third-order valence-corrected chi connectivity index (χ3v) is 3.03. The van der Waals surface area contributed by atoms with Gasteiger partial charge in [0.15, 0.2) is 0 Å². The fraction of sp³-hybridized carbons (Fsp3) is 0.385. The van der Waals surface area contributed by atoms with E-state index in [0.29, 0.717) is 12.3 Å². The van der Waals surface area contributed by atoms with Crippen molar-refractivity contribution in [3.05, 3.63) is 29.6 Å². The molecule has 0 radical (unpaired) electrons. The monoisotopic (exact) mass is 266 g/mol. The largest absolute Gasteiger partial charge is 0.478 e. The topological polar surface area (TPSA) is 55.1 Å². The Hall–Kier alpha value is -1.55. The predicted molar refractivity (Wildman–Crippen MR) is 71.4 cm³/mol. The van der Waals surface area contributed by atoms with Gasteiger partial charge < -0.3 is 9.67 Å². The molecule has 0 aliphatic carbocycles. The maximum Gasteiger partial charge on any atom is 0.335 e. The van der Waals surface area contributed by atoms with Gasteiger partial charge in [-0.2, -0.15) is 0 Å². The third-order valence-electron chi connectivity index (χ3n) is 2.84. The van der Waals surface area contributed by atoms with E-state index in [-0.39, 0.29) is 5.56 Å². The van der Waals surface area contributed by atoms with Crippen molar-refractivity contribution in [1.82, 2.24) is 9.55 Å². The van der Waals surface area contributed by atoms with Crippen LogP contribution in [0.5, 0.6) is 0 Å². The lowest BCUT2D eigenvalue weighted by molar-refractivity contribution is 0.0697. The van der Waals surface area contributed by atoms with Gasteiger partial charge in [0.25, 0.3) is 0 Å². The molecule has 1 aromatic heterocycles. The van der Waals surface area contributed by atoms with Gasteiger partial charge in [0.2, 0.25) is 0 Å². The molecule has 0 aliphatic rings. The summed E-state index contributed by atoms with van der Waals surface area (Å²) in [6.07, 6.45) is 1.69. The number of benzene rings is 1. The van der Waals surface area contributed by atoms with Gasteiger partial charge >= 0.3 is 5.97 Å². The second-order valence-electron chi connectivity index (χ2n) is 4.13. The van der Waals surface area contributed by atoms with E-state index in [9.17, 15) is 4.79 Å². The highest BCUT2D eigenvalue weighted by Crippen LogP contribution is 2.19. The molecule has 2 aromatic rings. The van der Waals surface area contributed by atoms with Crippen molar-refractivity contribution in [1.29, 1.82) is 0 Å². The number of hydrogen-bond donors (Lipinski definition) is 1. The minimum atomic E-state index is -0.930. The van der Waals surface area contributed by atoms with Crippen LogP contribution in [0.2, 0.25) is 0 Å². The van der Waals surface area contributed by atoms with Gasteiger partial charge in [0, 0.05) is 18.8 Å². The van der Waals surface area contributed by atoms with E-state index < -0.39 is 5.97 Å². The Kier molecular flexibility index (Phi) is 3.87. The molecule has 0 atom stereocenters. The van der Waals surface area contributed by atoms with E-state index in [2.05, 4.69) is 16.5 Å². The summed E-state index contributed by atoms with van der Waals surface area (Å²) in [7, 11) is 0. The van der Waals surface area contributed by atoms with Crippen molar-refractivity contribution in [2.45, 2.75) is 26.3 Å². The Morgan fingerprint density at radius 3 is 2.89 bits per heavy atom. The van der Waals surface area contributed by atoms with Crippen LogP contribution in [0.3, 0.4) is 0 Å². The Morgan fingerprint density at radius 2 is 2.28 bits per heavy atom. The van der Waals surface area contributed by atoms with E-state index in [1.807, 2.05) is 6.07 Å². The first-order valence-electron chi connectivity index (χ1n) is 5.95. The van der Waals surface area contributed by atoms with Crippen LogP contribution in [-0.4, -0.2) is 26.5 Å². The molecule has 0 saturated carbocycles. The third kappa shape index (κ3) is 2.34. The van der Waals surface area contributed by atoms with Crippen molar-refractivity contribution >= 4 is 28.6 Å². The molecular formula is C13H15ClN2O2. The SMILES string of the molecule is CCCn1c(CCCl)nc2cc(C(=O)O)ccc21. The van der Waals surface area contributed by atoms with Crippen molar-refractivity contribution < 1.29 is 9.90 Å². The summed E-state index contributed by atoms with van der Waals surface area (Å²) in [6.45, 7) is 2.97. The van der Waals surface area contributed by atoms with Gasteiger partial charge in [-0.25, -0.2) is 9.78 Å². The maximum atomic E-state index is 10.9. The van der Waals surface area contributed by atoms with E-state index in [4.69, 9.17) is 16.7 Å². The van der Waals surface area contributed by atoms with Crippen molar-refractivity contribution in [2.75, 3.05) is 5.88 Å². The van der Waals surface area contributed by atoms with Crippen LogP contribution >= 0.6 is 11.6 Å². The highest BCUT2D eigenvalue weighted by molar-refractivity contribution is 6.17. The van der Waals surface area contributed by atoms with Crippen molar-refractivity contribution in [3.8, 4) is 0 Å². The van der Waals surface area contributed by atoms with Crippen molar-refractivity contribution in [3.63, 3.8) is 0 Å². The van der Waals surface area contributed by atoms with Crippen LogP contribution < -0.4 is 0 Å². The van der Waals surface area contributed by atoms with Gasteiger partial charge in [0.1, 0.15) is 5.82 Å². The minimum absolute atomic E-state index is 0.265. The minimum Gasteiger partial charge on any atom is -0.478 e. The summed E-state index contributed by atoms with van der Waals surface area (Å²) in [5.74, 6) is 0.504. The Labute approximate surface area is 110 Å². The summed E-state index contributed by atoms with van der Waals surface area (Å²) >= 11 is 5.77. The number of imidazole rings is 1. The number of nitrogens with zero attached hydrogens (tertiary/aromatic N) is 2. The molecule has 4 nitrogen and oxygen atoms in total. The lowest BCUT2D eigenvalue weighted by Gasteiger charge is -2.06. The molecule has 1 N–H and O–H groups in total. The molecule has 0 fully saturated rings. The molecule has 18 heavy (non-hydrogen) atoms. The van der Waals surface area contributed by atoms with Gasteiger partial charge in [-0.3, -0.25) is 0 Å². The summed E-state index contributed by atoms with van der Waals surface area (Å²) in [4.78, 5) is 15.4. The van der Waals surface area contributed by atoms with E-state index >= 15 is 0 Å². The first-order chi connectivity index (χ1) is 8.67. The lowest BCUT2D eigenvalue weighted by atomic mass is 10.2. The smallest absolute Gasteiger partial charge is 0.335 e. The number of alkyl halides is 1. The quantitative estimate of drug-likeness (QED) is 0.847. The molecule has 0 amide bonds. The molecule has 1 aromatic carbocycles. The zero-order chi connectivity index (χ0) is 13.1. The molecule has 0 unspecified atom stereocenters.